The van der Waals surface area contributed by atoms with E-state index >= 15 is 0 Å². The molecule has 30 heavy (non-hydrogen) atoms. The highest BCUT2D eigenvalue weighted by Crippen LogP contribution is 2.50. The molecule has 0 aliphatic rings. The lowest BCUT2D eigenvalue weighted by Crippen LogP contribution is -2.53. The topological polar surface area (TPSA) is 114 Å². The Balaban J connectivity index is 0.000000553. The molecule has 1 heterocycles. The van der Waals surface area contributed by atoms with E-state index in [1.165, 1.54) is 6.92 Å². The van der Waals surface area contributed by atoms with Crippen molar-refractivity contribution in [2.75, 3.05) is 5.73 Å². The fourth-order valence-electron chi connectivity index (χ4n) is 2.15. The number of H-pyrrole nitrogens is 1. The third-order valence-electron chi connectivity index (χ3n) is 3.58. The van der Waals surface area contributed by atoms with E-state index < -0.39 is 35.7 Å². The molecule has 0 bridgehead atoms. The van der Waals surface area contributed by atoms with Gasteiger partial charge in [0.2, 0.25) is 0 Å². The van der Waals surface area contributed by atoms with Crippen LogP contribution in [0.1, 0.15) is 11.3 Å². The van der Waals surface area contributed by atoms with Crippen LogP contribution in [-0.2, 0) is 10.4 Å². The molecule has 4 N–H and O–H groups in total. The number of aliphatic hydroxyl groups is 1. The van der Waals surface area contributed by atoms with Crippen LogP contribution >= 0.6 is 0 Å². The molecular weight excluding hydrogens is 443 g/mol. The summed E-state index contributed by atoms with van der Waals surface area (Å²) >= 11 is 0. The van der Waals surface area contributed by atoms with E-state index in [4.69, 9.17) is 20.2 Å². The maximum Gasteiger partial charge on any atom is 0.430 e. The van der Waals surface area contributed by atoms with Crippen LogP contribution in [0.15, 0.2) is 28.8 Å². The molecule has 0 radical (unpaired) electrons. The van der Waals surface area contributed by atoms with E-state index in [0.29, 0.717) is 23.5 Å². The summed E-state index contributed by atoms with van der Waals surface area (Å²) in [5, 5.41) is 20.4. The van der Waals surface area contributed by atoms with Crippen molar-refractivity contribution in [1.82, 2.24) is 0 Å². The van der Waals surface area contributed by atoms with Crippen molar-refractivity contribution >= 4 is 11.8 Å². The monoisotopic (exact) mass is 454 g/mol. The molecule has 1 aromatic carbocycles. The zero-order valence-corrected chi connectivity index (χ0v) is 14.5. The first-order chi connectivity index (χ1) is 13.3. The third kappa shape index (κ3) is 4.95. The van der Waals surface area contributed by atoms with Gasteiger partial charge in [-0.2, -0.15) is 39.5 Å². The fraction of sp³-hybridized carbons (Fsp3) is 0.333. The molecule has 0 unspecified atom stereocenters. The number of hydrogen-bond donors (Lipinski definition) is 2. The number of rotatable bonds is 2. The van der Waals surface area contributed by atoms with E-state index in [2.05, 4.69) is 5.16 Å². The van der Waals surface area contributed by atoms with Crippen molar-refractivity contribution in [3.8, 4) is 11.1 Å². The van der Waals surface area contributed by atoms with Crippen LogP contribution in [0.25, 0.3) is 11.1 Å². The van der Waals surface area contributed by atoms with Crippen molar-refractivity contribution in [3.63, 3.8) is 0 Å². The molecule has 0 saturated heterocycles. The van der Waals surface area contributed by atoms with E-state index in [0.717, 1.165) is 12.1 Å². The van der Waals surface area contributed by atoms with Crippen LogP contribution in [0.2, 0.25) is 0 Å². The molecule has 0 spiro atoms. The second kappa shape index (κ2) is 8.04. The Labute approximate surface area is 160 Å². The third-order valence-corrected chi connectivity index (χ3v) is 3.58. The minimum absolute atomic E-state index is 0.0668. The molecule has 15 heteroatoms. The Hall–Kier alpha value is -2.97. The van der Waals surface area contributed by atoms with Gasteiger partial charge in [-0.15, -0.1) is 0 Å². The average Bonchev–Trinajstić information content (AvgIpc) is 2.90. The summed E-state index contributed by atoms with van der Waals surface area (Å²) in [7, 11) is 0. The van der Waals surface area contributed by atoms with Gasteiger partial charge >= 0.3 is 24.3 Å². The zero-order valence-electron chi connectivity index (χ0n) is 14.5. The molecule has 0 aliphatic heterocycles. The molecule has 1 aromatic heterocycles. The highest BCUT2D eigenvalue weighted by atomic mass is 19.4. The number of anilines is 1. The minimum atomic E-state index is -5.93. The van der Waals surface area contributed by atoms with Crippen LogP contribution in [0.5, 0.6) is 0 Å². The number of halogens is 9. The van der Waals surface area contributed by atoms with Gasteiger partial charge in [-0.3, -0.25) is 5.73 Å². The Morgan fingerprint density at radius 1 is 1.00 bits per heavy atom. The number of nitrogen functional groups attached to an aromatic ring is 1. The molecule has 2 rings (SSSR count). The lowest BCUT2D eigenvalue weighted by atomic mass is 9.90. The molecule has 168 valence electrons. The number of carbonyl (C=O) groups excluding carboxylic acids is 1. The molecule has 0 saturated carbocycles. The SMILES string of the molecule is Cc1o[nH+]c(N)c1-c1ccc(C(O)(C(F)(F)F)C(F)(F)F)cc1.O=C([O-])C(F)(F)F. The molecule has 2 aromatic rings. The lowest BCUT2D eigenvalue weighted by Gasteiger charge is -2.32. The number of benzene rings is 1. The maximum absolute atomic E-state index is 12.8. The predicted molar refractivity (Wildman–Crippen MR) is 76.9 cm³/mol. The summed E-state index contributed by atoms with van der Waals surface area (Å²) in [6.07, 6.45) is -17.0. The van der Waals surface area contributed by atoms with Gasteiger partial charge in [0.05, 0.1) is 0 Å². The van der Waals surface area contributed by atoms with Gasteiger partial charge in [-0.25, -0.2) is 0 Å². The first-order valence-electron chi connectivity index (χ1n) is 7.35. The van der Waals surface area contributed by atoms with Gasteiger partial charge < -0.3 is 19.5 Å². The number of aromatic nitrogens is 1. The predicted octanol–water partition coefficient (Wildman–Crippen LogP) is 2.26. The van der Waals surface area contributed by atoms with Crippen molar-refractivity contribution in [2.45, 2.75) is 31.1 Å². The van der Waals surface area contributed by atoms with Crippen LogP contribution < -0.4 is 16.0 Å². The molecule has 6 nitrogen and oxygen atoms in total. The number of aromatic amines is 1. The Bertz CT molecular complexity index is 850. The number of alkyl halides is 9. The zero-order chi connectivity index (χ0) is 23.7. The second-order valence-corrected chi connectivity index (χ2v) is 5.62. The summed E-state index contributed by atoms with van der Waals surface area (Å²) < 4.78 is 113. The molecule has 0 aliphatic carbocycles. The number of aliphatic carboxylic acids is 1. The highest BCUT2D eigenvalue weighted by Gasteiger charge is 2.71. The van der Waals surface area contributed by atoms with Gasteiger partial charge in [-0.05, 0) is 12.5 Å². The van der Waals surface area contributed by atoms with Gasteiger partial charge in [0, 0.05) is 5.56 Å². The van der Waals surface area contributed by atoms with Gasteiger partial charge in [0.1, 0.15) is 11.5 Å². The van der Waals surface area contributed by atoms with Crippen molar-refractivity contribution in [3.05, 3.63) is 35.6 Å². The van der Waals surface area contributed by atoms with Crippen LogP contribution in [0.4, 0.5) is 45.3 Å². The van der Waals surface area contributed by atoms with Gasteiger partial charge in [-0.1, -0.05) is 29.4 Å². The maximum atomic E-state index is 12.8. The molecular formula is C15H11F9N2O4. The first kappa shape index (κ1) is 25.1. The highest BCUT2D eigenvalue weighted by molar-refractivity contribution is 5.73. The summed E-state index contributed by atoms with van der Waals surface area (Å²) in [5.74, 6) is -2.64. The Kier molecular flexibility index (Phi) is 6.72. The molecule has 0 atom stereocenters. The fourth-order valence-corrected chi connectivity index (χ4v) is 2.15. The van der Waals surface area contributed by atoms with Crippen LogP contribution in [0, 0.1) is 6.92 Å². The summed E-state index contributed by atoms with van der Waals surface area (Å²) in [6, 6.07) is 3.06. The quantitative estimate of drug-likeness (QED) is 0.676. The largest absolute Gasteiger partial charge is 0.542 e. The van der Waals surface area contributed by atoms with Crippen molar-refractivity contribution in [1.29, 1.82) is 0 Å². The summed E-state index contributed by atoms with van der Waals surface area (Å²) in [6.45, 7) is 1.51. The number of hydrogen-bond acceptors (Lipinski definition) is 5. The number of carboxylic acids is 1. The number of carbonyl (C=O) groups is 1. The number of nitrogens with one attached hydrogen (secondary N) is 1. The normalized spacial score (nSPS) is 12.9. The number of aryl methyl sites for hydroxylation is 1. The Morgan fingerprint density at radius 2 is 1.40 bits per heavy atom. The number of carboxylic acid groups (broad SMARTS) is 1. The minimum Gasteiger partial charge on any atom is -0.542 e. The first-order valence-corrected chi connectivity index (χ1v) is 7.35. The average molecular weight is 454 g/mol. The van der Waals surface area contributed by atoms with Crippen LogP contribution in [0.3, 0.4) is 0 Å². The smallest absolute Gasteiger partial charge is 0.430 e. The van der Waals surface area contributed by atoms with E-state index in [-0.39, 0.29) is 11.4 Å². The lowest BCUT2D eigenvalue weighted by molar-refractivity contribution is -0.597. The van der Waals surface area contributed by atoms with E-state index in [1.807, 2.05) is 0 Å². The molecule has 0 amide bonds. The summed E-state index contributed by atoms with van der Waals surface area (Å²) in [4.78, 5) is 8.78. The molecule has 0 fully saturated rings. The van der Waals surface area contributed by atoms with Crippen molar-refractivity contribution < 1.29 is 64.2 Å². The number of nitrogens with two attached hydrogens (primary N) is 1. The van der Waals surface area contributed by atoms with Gasteiger partial charge in [0.15, 0.2) is 5.76 Å². The Morgan fingerprint density at radius 3 is 1.67 bits per heavy atom. The van der Waals surface area contributed by atoms with Crippen LogP contribution in [-0.4, -0.2) is 29.6 Å². The second-order valence-electron chi connectivity index (χ2n) is 5.62. The van der Waals surface area contributed by atoms with Crippen molar-refractivity contribution in [2.24, 2.45) is 0 Å². The van der Waals surface area contributed by atoms with E-state index in [1.54, 1.807) is 0 Å². The summed E-state index contributed by atoms with van der Waals surface area (Å²) in [5.41, 5.74) is -0.181. The standard InChI is InChI=1S/C13H10F6N2O2.C2HF3O2/c1-6-9(10(20)21-23-6)7-2-4-8(5-3-7)11(22,12(14,15)16)13(17,18)19;3-2(4,5)1(6)7/h2-5,22H,1H3,(H2,20,21);(H,6,7). The van der Waals surface area contributed by atoms with Gasteiger partial charge in [0.25, 0.3) is 5.60 Å². The van der Waals surface area contributed by atoms with E-state index in [9.17, 15) is 44.6 Å².